The molecule has 6 nitrogen and oxygen atoms in total. The van der Waals surface area contributed by atoms with Crippen LogP contribution in [0.25, 0.3) is 0 Å². The number of hydrogen-bond acceptors (Lipinski definition) is 4. The second kappa shape index (κ2) is 6.11. The Hall–Kier alpha value is -1.95. The molecule has 1 rings (SSSR count). The molecule has 0 aliphatic heterocycles. The van der Waals surface area contributed by atoms with Gasteiger partial charge in [0, 0.05) is 19.0 Å². The number of hydrogen-bond donors (Lipinski definition) is 3. The maximum absolute atomic E-state index is 11.8. The largest absolute Gasteiger partial charge is 0.496 e. The first kappa shape index (κ1) is 14.1. The van der Waals surface area contributed by atoms with E-state index in [0.717, 1.165) is 0 Å². The molecular weight excluding hydrogens is 258 g/mol. The van der Waals surface area contributed by atoms with Gasteiger partial charge in [0.1, 0.15) is 5.75 Å². The van der Waals surface area contributed by atoms with E-state index in [1.54, 1.807) is 0 Å². The maximum atomic E-state index is 11.8. The molecule has 0 atom stereocenters. The van der Waals surface area contributed by atoms with Crippen molar-refractivity contribution in [2.75, 3.05) is 19.4 Å². The summed E-state index contributed by atoms with van der Waals surface area (Å²) in [7, 11) is 1.42. The summed E-state index contributed by atoms with van der Waals surface area (Å²) < 4.78 is 5.04. The number of rotatable bonds is 5. The number of anilines is 1. The first-order chi connectivity index (χ1) is 8.45. The average molecular weight is 272 g/mol. The number of primary amides is 1. The molecular formula is C11H14ClN3O3. The number of halogens is 1. The molecule has 0 fully saturated rings. The molecule has 0 unspecified atom stereocenters. The predicted octanol–water partition coefficient (Wildman–Crippen LogP) is 0.536. The molecule has 1 aromatic rings. The van der Waals surface area contributed by atoms with Gasteiger partial charge in [-0.25, -0.2) is 0 Å². The second-order valence-corrected chi connectivity index (χ2v) is 3.95. The van der Waals surface area contributed by atoms with Gasteiger partial charge in [0.2, 0.25) is 5.91 Å². The van der Waals surface area contributed by atoms with Gasteiger partial charge in [0.05, 0.1) is 23.4 Å². The molecule has 18 heavy (non-hydrogen) atoms. The molecule has 5 N–H and O–H groups in total. The SMILES string of the molecule is COc1cc(N)c(Cl)cc1C(=O)NCCC(N)=O. The summed E-state index contributed by atoms with van der Waals surface area (Å²) >= 11 is 5.84. The number of nitrogen functional groups attached to an aromatic ring is 1. The first-order valence-electron chi connectivity index (χ1n) is 5.15. The number of carbonyl (C=O) groups is 2. The minimum atomic E-state index is -0.488. The van der Waals surface area contributed by atoms with Crippen LogP contribution in [0.2, 0.25) is 5.02 Å². The Morgan fingerprint density at radius 3 is 2.67 bits per heavy atom. The van der Waals surface area contributed by atoms with Crippen LogP contribution in [0.5, 0.6) is 5.75 Å². The third-order valence-corrected chi connectivity index (χ3v) is 2.55. The van der Waals surface area contributed by atoms with Crippen molar-refractivity contribution in [1.29, 1.82) is 0 Å². The summed E-state index contributed by atoms with van der Waals surface area (Å²) in [5.74, 6) is -0.582. The van der Waals surface area contributed by atoms with Gasteiger partial charge >= 0.3 is 0 Å². The van der Waals surface area contributed by atoms with Crippen LogP contribution >= 0.6 is 11.6 Å². The van der Waals surface area contributed by atoms with Crippen molar-refractivity contribution in [1.82, 2.24) is 5.32 Å². The summed E-state index contributed by atoms with van der Waals surface area (Å²) in [5.41, 5.74) is 11.1. The van der Waals surface area contributed by atoms with Crippen LogP contribution in [0.1, 0.15) is 16.8 Å². The maximum Gasteiger partial charge on any atom is 0.255 e. The van der Waals surface area contributed by atoms with Crippen molar-refractivity contribution >= 4 is 29.1 Å². The second-order valence-electron chi connectivity index (χ2n) is 3.55. The summed E-state index contributed by atoms with van der Waals surface area (Å²) in [6, 6.07) is 2.88. The minimum absolute atomic E-state index is 0.0662. The van der Waals surface area contributed by atoms with Crippen LogP contribution in [-0.2, 0) is 4.79 Å². The molecule has 1 aromatic carbocycles. The van der Waals surface area contributed by atoms with E-state index in [1.165, 1.54) is 19.2 Å². The Kier molecular flexibility index (Phi) is 4.79. The standard InChI is InChI=1S/C11H14ClN3O3/c1-18-9-5-8(13)7(12)4-6(9)11(17)15-3-2-10(14)16/h4-5H,2-3,13H2,1H3,(H2,14,16)(H,15,17). The topological polar surface area (TPSA) is 107 Å². The molecule has 0 bridgehead atoms. The first-order valence-corrected chi connectivity index (χ1v) is 5.53. The lowest BCUT2D eigenvalue weighted by Crippen LogP contribution is -2.28. The molecule has 0 saturated carbocycles. The number of nitrogens with two attached hydrogens (primary N) is 2. The number of methoxy groups -OCH3 is 1. The Morgan fingerprint density at radius 2 is 2.11 bits per heavy atom. The number of ether oxygens (including phenoxy) is 1. The Morgan fingerprint density at radius 1 is 1.44 bits per heavy atom. The summed E-state index contributed by atoms with van der Waals surface area (Å²) in [4.78, 5) is 22.4. The minimum Gasteiger partial charge on any atom is -0.496 e. The van der Waals surface area contributed by atoms with Crippen LogP contribution < -0.4 is 21.5 Å². The molecule has 0 aliphatic carbocycles. The molecule has 98 valence electrons. The van der Waals surface area contributed by atoms with Gasteiger partial charge in [0.25, 0.3) is 5.91 Å². The highest BCUT2D eigenvalue weighted by Crippen LogP contribution is 2.28. The highest BCUT2D eigenvalue weighted by atomic mass is 35.5. The van der Waals surface area contributed by atoms with Crippen molar-refractivity contribution in [3.63, 3.8) is 0 Å². The van der Waals surface area contributed by atoms with E-state index in [9.17, 15) is 9.59 Å². The number of benzene rings is 1. The van der Waals surface area contributed by atoms with E-state index < -0.39 is 11.8 Å². The van der Waals surface area contributed by atoms with Crippen LogP contribution in [0.15, 0.2) is 12.1 Å². The van der Waals surface area contributed by atoms with Crippen LogP contribution in [0.4, 0.5) is 5.69 Å². The lowest BCUT2D eigenvalue weighted by atomic mass is 10.1. The van der Waals surface area contributed by atoms with Gasteiger partial charge in [-0.15, -0.1) is 0 Å². The third-order valence-electron chi connectivity index (χ3n) is 2.22. The van der Waals surface area contributed by atoms with Gasteiger partial charge < -0.3 is 21.5 Å². The Balaban J connectivity index is 2.84. The zero-order chi connectivity index (χ0) is 13.7. The van der Waals surface area contributed by atoms with Crippen LogP contribution in [-0.4, -0.2) is 25.5 Å². The zero-order valence-electron chi connectivity index (χ0n) is 9.83. The summed E-state index contributed by atoms with van der Waals surface area (Å²) in [6.45, 7) is 0.152. The molecule has 0 aromatic heterocycles. The predicted molar refractivity (Wildman–Crippen MR) is 68.6 cm³/mol. The third kappa shape index (κ3) is 3.53. The smallest absolute Gasteiger partial charge is 0.255 e. The lowest BCUT2D eigenvalue weighted by molar-refractivity contribution is -0.117. The van der Waals surface area contributed by atoms with Gasteiger partial charge in [-0.3, -0.25) is 9.59 Å². The fourth-order valence-corrected chi connectivity index (χ4v) is 1.47. The van der Waals surface area contributed by atoms with Crippen molar-refractivity contribution in [3.05, 3.63) is 22.7 Å². The molecule has 0 heterocycles. The van der Waals surface area contributed by atoms with Gasteiger partial charge in [-0.05, 0) is 6.07 Å². The average Bonchev–Trinajstić information content (AvgIpc) is 2.31. The Bertz CT molecular complexity index is 477. The number of carbonyl (C=O) groups excluding carboxylic acids is 2. The van der Waals surface area contributed by atoms with Crippen molar-refractivity contribution in [2.24, 2.45) is 5.73 Å². The van der Waals surface area contributed by atoms with Gasteiger partial charge in [-0.2, -0.15) is 0 Å². The van der Waals surface area contributed by atoms with E-state index in [2.05, 4.69) is 5.32 Å². The molecule has 7 heteroatoms. The molecule has 0 radical (unpaired) electrons. The van der Waals surface area contributed by atoms with Crippen molar-refractivity contribution in [3.8, 4) is 5.75 Å². The van der Waals surface area contributed by atoms with Crippen molar-refractivity contribution in [2.45, 2.75) is 6.42 Å². The van der Waals surface area contributed by atoms with E-state index in [4.69, 9.17) is 27.8 Å². The highest BCUT2D eigenvalue weighted by molar-refractivity contribution is 6.33. The van der Waals surface area contributed by atoms with Crippen LogP contribution in [0.3, 0.4) is 0 Å². The molecule has 0 spiro atoms. The van der Waals surface area contributed by atoms with Crippen LogP contribution in [0, 0.1) is 0 Å². The highest BCUT2D eigenvalue weighted by Gasteiger charge is 2.14. The van der Waals surface area contributed by atoms with E-state index >= 15 is 0 Å². The van der Waals surface area contributed by atoms with E-state index in [-0.39, 0.29) is 23.6 Å². The van der Waals surface area contributed by atoms with E-state index in [1.807, 2.05) is 0 Å². The van der Waals surface area contributed by atoms with Gasteiger partial charge in [-0.1, -0.05) is 11.6 Å². The number of amides is 2. The quantitative estimate of drug-likeness (QED) is 0.679. The monoisotopic (exact) mass is 271 g/mol. The van der Waals surface area contributed by atoms with Gasteiger partial charge in [0.15, 0.2) is 0 Å². The summed E-state index contributed by atoms with van der Waals surface area (Å²) in [5, 5.41) is 2.79. The Labute approximate surface area is 109 Å². The van der Waals surface area contributed by atoms with E-state index in [0.29, 0.717) is 11.4 Å². The normalized spacial score (nSPS) is 9.89. The molecule has 2 amide bonds. The lowest BCUT2D eigenvalue weighted by Gasteiger charge is -2.10. The zero-order valence-corrected chi connectivity index (χ0v) is 10.6. The van der Waals surface area contributed by atoms with Crippen molar-refractivity contribution < 1.29 is 14.3 Å². The molecule has 0 saturated heterocycles. The fraction of sp³-hybridized carbons (Fsp3) is 0.273. The number of nitrogens with one attached hydrogen (secondary N) is 1. The summed E-state index contributed by atoms with van der Waals surface area (Å²) in [6.07, 6.45) is 0.0662. The fourth-order valence-electron chi connectivity index (χ4n) is 1.31. The molecule has 0 aliphatic rings.